The second-order valence-corrected chi connectivity index (χ2v) is 1.64. The Morgan fingerprint density at radius 3 is 1.90 bits per heavy atom. The smallest absolute Gasteiger partial charge is 0.0681 e. The minimum atomic E-state index is 0.140. The largest absolute Gasteiger partial charge is 0.392 e. The second kappa shape index (κ2) is 6.30. The van der Waals surface area contributed by atoms with Crippen LogP contribution < -0.4 is 0 Å². The van der Waals surface area contributed by atoms with E-state index in [1.807, 2.05) is 44.2 Å². The van der Waals surface area contributed by atoms with Crippen molar-refractivity contribution >= 4 is 0 Å². The molecule has 10 heavy (non-hydrogen) atoms. The van der Waals surface area contributed by atoms with E-state index in [2.05, 4.69) is 0 Å². The minimum Gasteiger partial charge on any atom is -0.392 e. The Bertz CT molecular complexity index is 146. The molecule has 1 aromatic carbocycles. The zero-order chi connectivity index (χ0) is 7.82. The fourth-order valence-corrected chi connectivity index (χ4v) is 0.583. The summed E-state index contributed by atoms with van der Waals surface area (Å²) in [6.45, 7) is 4.14. The lowest BCUT2D eigenvalue weighted by Gasteiger charge is -1.89. The zero-order valence-electron chi connectivity index (χ0n) is 6.54. The van der Waals surface area contributed by atoms with Crippen LogP contribution in [0.3, 0.4) is 0 Å². The summed E-state index contributed by atoms with van der Waals surface area (Å²) in [7, 11) is 0. The van der Waals surface area contributed by atoms with E-state index in [0.29, 0.717) is 0 Å². The van der Waals surface area contributed by atoms with Gasteiger partial charge in [-0.1, -0.05) is 44.2 Å². The van der Waals surface area contributed by atoms with Gasteiger partial charge in [0, 0.05) is 0 Å². The third-order valence-corrected chi connectivity index (χ3v) is 1.03. The second-order valence-electron chi connectivity index (χ2n) is 1.64. The molecule has 1 nitrogen and oxygen atoms in total. The van der Waals surface area contributed by atoms with E-state index in [1.165, 1.54) is 0 Å². The monoisotopic (exact) mass is 138 g/mol. The lowest BCUT2D eigenvalue weighted by molar-refractivity contribution is 0.282. The van der Waals surface area contributed by atoms with E-state index in [-0.39, 0.29) is 6.61 Å². The highest BCUT2D eigenvalue weighted by molar-refractivity contribution is 5.12. The van der Waals surface area contributed by atoms with Gasteiger partial charge in [-0.25, -0.2) is 0 Å². The van der Waals surface area contributed by atoms with Crippen molar-refractivity contribution in [1.29, 1.82) is 0 Å². The SMILES string of the molecule is CC.OCc1ccccc1. The Balaban J connectivity index is 0.000000371. The third-order valence-electron chi connectivity index (χ3n) is 1.03. The molecule has 0 aliphatic rings. The molecule has 0 fully saturated rings. The highest BCUT2D eigenvalue weighted by Crippen LogP contribution is 1.95. The molecule has 0 aliphatic carbocycles. The third kappa shape index (κ3) is 3.25. The Morgan fingerprint density at radius 1 is 1.10 bits per heavy atom. The van der Waals surface area contributed by atoms with E-state index < -0.39 is 0 Å². The maximum atomic E-state index is 8.54. The Labute approximate surface area is 62.3 Å². The number of aliphatic hydroxyl groups excluding tert-OH is 1. The molecule has 1 aromatic rings. The Hall–Kier alpha value is -0.820. The normalized spacial score (nSPS) is 7.90. The van der Waals surface area contributed by atoms with Gasteiger partial charge < -0.3 is 5.11 Å². The Morgan fingerprint density at radius 2 is 1.60 bits per heavy atom. The van der Waals surface area contributed by atoms with Gasteiger partial charge in [0.2, 0.25) is 0 Å². The summed E-state index contributed by atoms with van der Waals surface area (Å²) in [5.74, 6) is 0. The van der Waals surface area contributed by atoms with Gasteiger partial charge in [-0.2, -0.15) is 0 Å². The lowest BCUT2D eigenvalue weighted by atomic mass is 10.2. The van der Waals surface area contributed by atoms with Crippen LogP contribution in [0.25, 0.3) is 0 Å². The number of aliphatic hydroxyl groups is 1. The topological polar surface area (TPSA) is 20.2 Å². The number of rotatable bonds is 1. The van der Waals surface area contributed by atoms with Gasteiger partial charge in [0.05, 0.1) is 6.61 Å². The van der Waals surface area contributed by atoms with E-state index in [1.54, 1.807) is 0 Å². The van der Waals surface area contributed by atoms with Crippen molar-refractivity contribution in [3.63, 3.8) is 0 Å². The first-order valence-corrected chi connectivity index (χ1v) is 3.58. The van der Waals surface area contributed by atoms with Crippen LogP contribution in [-0.2, 0) is 6.61 Å². The van der Waals surface area contributed by atoms with Crippen molar-refractivity contribution in [3.8, 4) is 0 Å². The van der Waals surface area contributed by atoms with E-state index in [0.717, 1.165) is 5.56 Å². The van der Waals surface area contributed by atoms with Crippen molar-refractivity contribution in [1.82, 2.24) is 0 Å². The van der Waals surface area contributed by atoms with Crippen LogP contribution in [0.15, 0.2) is 30.3 Å². The maximum absolute atomic E-state index is 8.54. The van der Waals surface area contributed by atoms with Crippen molar-refractivity contribution < 1.29 is 5.11 Å². The molecule has 0 unspecified atom stereocenters. The van der Waals surface area contributed by atoms with Crippen LogP contribution in [0.2, 0.25) is 0 Å². The molecule has 0 saturated carbocycles. The van der Waals surface area contributed by atoms with Gasteiger partial charge in [-0.15, -0.1) is 0 Å². The number of benzene rings is 1. The van der Waals surface area contributed by atoms with Crippen molar-refractivity contribution in [2.24, 2.45) is 0 Å². The average Bonchev–Trinajstić information content (AvgIpc) is 2.10. The summed E-state index contributed by atoms with van der Waals surface area (Å²) in [6.07, 6.45) is 0. The molecule has 56 valence electrons. The van der Waals surface area contributed by atoms with Gasteiger partial charge in [0.1, 0.15) is 0 Å². The van der Waals surface area contributed by atoms with Crippen LogP contribution in [-0.4, -0.2) is 5.11 Å². The van der Waals surface area contributed by atoms with Gasteiger partial charge >= 0.3 is 0 Å². The fourth-order valence-electron chi connectivity index (χ4n) is 0.583. The van der Waals surface area contributed by atoms with Gasteiger partial charge in [0.25, 0.3) is 0 Å². The minimum absolute atomic E-state index is 0.140. The summed E-state index contributed by atoms with van der Waals surface area (Å²) >= 11 is 0. The first kappa shape index (κ1) is 9.18. The molecule has 0 atom stereocenters. The molecule has 0 aliphatic heterocycles. The standard InChI is InChI=1S/C7H8O.C2H6/c8-6-7-4-2-1-3-5-7;1-2/h1-5,8H,6H2;1-2H3. The molecular formula is C9H14O. The molecule has 1 rings (SSSR count). The lowest BCUT2D eigenvalue weighted by Crippen LogP contribution is -1.77. The van der Waals surface area contributed by atoms with Crippen molar-refractivity contribution in [2.75, 3.05) is 0 Å². The molecule has 0 amide bonds. The molecule has 0 bridgehead atoms. The molecule has 0 spiro atoms. The number of hydrogen-bond donors (Lipinski definition) is 1. The summed E-state index contributed by atoms with van der Waals surface area (Å²) in [5.41, 5.74) is 0.965. The molecule has 0 heterocycles. The molecule has 1 N–H and O–H groups in total. The van der Waals surface area contributed by atoms with Crippen LogP contribution in [0.1, 0.15) is 19.4 Å². The summed E-state index contributed by atoms with van der Waals surface area (Å²) in [5, 5.41) is 8.54. The predicted octanol–water partition coefficient (Wildman–Crippen LogP) is 2.21. The predicted molar refractivity (Wildman–Crippen MR) is 43.7 cm³/mol. The molecule has 0 saturated heterocycles. The van der Waals surface area contributed by atoms with E-state index in [4.69, 9.17) is 5.11 Å². The quantitative estimate of drug-likeness (QED) is 0.630. The average molecular weight is 138 g/mol. The molecule has 0 aromatic heterocycles. The Kier molecular flexibility index (Phi) is 5.79. The van der Waals surface area contributed by atoms with Crippen molar-refractivity contribution in [2.45, 2.75) is 20.5 Å². The van der Waals surface area contributed by atoms with Gasteiger partial charge in [0.15, 0.2) is 0 Å². The van der Waals surface area contributed by atoms with E-state index >= 15 is 0 Å². The summed E-state index contributed by atoms with van der Waals surface area (Å²) in [6, 6.07) is 9.52. The molecular weight excluding hydrogens is 124 g/mol. The van der Waals surface area contributed by atoms with Crippen LogP contribution in [0.4, 0.5) is 0 Å². The zero-order valence-corrected chi connectivity index (χ0v) is 6.54. The molecule has 1 heteroatoms. The fraction of sp³-hybridized carbons (Fsp3) is 0.333. The van der Waals surface area contributed by atoms with E-state index in [9.17, 15) is 0 Å². The number of hydrogen-bond acceptors (Lipinski definition) is 1. The molecule has 0 radical (unpaired) electrons. The van der Waals surface area contributed by atoms with Crippen LogP contribution in [0.5, 0.6) is 0 Å². The van der Waals surface area contributed by atoms with Crippen LogP contribution >= 0.6 is 0 Å². The highest BCUT2D eigenvalue weighted by atomic mass is 16.3. The first-order chi connectivity index (χ1) is 4.93. The maximum Gasteiger partial charge on any atom is 0.0681 e. The van der Waals surface area contributed by atoms with Crippen LogP contribution in [0, 0.1) is 0 Å². The summed E-state index contributed by atoms with van der Waals surface area (Å²) < 4.78 is 0. The highest BCUT2D eigenvalue weighted by Gasteiger charge is 1.81. The van der Waals surface area contributed by atoms with Gasteiger partial charge in [-0.05, 0) is 5.56 Å². The van der Waals surface area contributed by atoms with Gasteiger partial charge in [-0.3, -0.25) is 0 Å². The first-order valence-electron chi connectivity index (χ1n) is 3.58. The van der Waals surface area contributed by atoms with Crippen molar-refractivity contribution in [3.05, 3.63) is 35.9 Å². The summed E-state index contributed by atoms with van der Waals surface area (Å²) in [4.78, 5) is 0.